The fourth-order valence-electron chi connectivity index (χ4n) is 2.55. The van der Waals surface area contributed by atoms with Gasteiger partial charge in [0.2, 0.25) is 5.16 Å². The second-order valence-electron chi connectivity index (χ2n) is 5.04. The van der Waals surface area contributed by atoms with Crippen LogP contribution in [0.25, 0.3) is 0 Å². The van der Waals surface area contributed by atoms with Crippen LogP contribution in [0.4, 0.5) is 0 Å². The summed E-state index contributed by atoms with van der Waals surface area (Å²) >= 11 is 7.41. The van der Waals surface area contributed by atoms with Gasteiger partial charge in [0.05, 0.1) is 16.8 Å². The average Bonchev–Trinajstić information content (AvgIpc) is 3.16. The number of halogens is 1. The topological polar surface area (TPSA) is 60.7 Å². The van der Waals surface area contributed by atoms with Crippen molar-refractivity contribution >= 4 is 29.1 Å². The van der Waals surface area contributed by atoms with Crippen LogP contribution in [0.1, 0.15) is 42.1 Å². The molecule has 0 unspecified atom stereocenters. The molecule has 1 aromatic heterocycles. The zero-order chi connectivity index (χ0) is 14.7. The molecule has 1 aliphatic rings. The number of carbonyl (C=O) groups excluding carboxylic acids is 1. The Morgan fingerprint density at radius 3 is 2.86 bits per heavy atom. The number of thioether (sulfide) groups is 1. The van der Waals surface area contributed by atoms with Gasteiger partial charge in [0.25, 0.3) is 0 Å². The predicted octanol–water partition coefficient (Wildman–Crippen LogP) is 3.42. The largest absolute Gasteiger partial charge is 0.293 e. The van der Waals surface area contributed by atoms with E-state index >= 15 is 0 Å². The van der Waals surface area contributed by atoms with Crippen LogP contribution in [-0.2, 0) is 0 Å². The number of Topliss-reactive ketones (excluding diaryl/α,β-unsaturated/α-hetero) is 1. The van der Waals surface area contributed by atoms with Gasteiger partial charge in [-0.05, 0) is 35.4 Å². The highest BCUT2D eigenvalue weighted by Crippen LogP contribution is 2.31. The van der Waals surface area contributed by atoms with E-state index in [2.05, 4.69) is 15.5 Å². The maximum Gasteiger partial charge on any atom is 0.210 e. The minimum Gasteiger partial charge on any atom is -0.293 e. The van der Waals surface area contributed by atoms with Gasteiger partial charge in [-0.3, -0.25) is 4.79 Å². The summed E-state index contributed by atoms with van der Waals surface area (Å²) in [6.07, 6.45) is 4.65. The van der Waals surface area contributed by atoms with E-state index < -0.39 is 0 Å². The number of benzene rings is 1. The number of tetrazole rings is 1. The van der Waals surface area contributed by atoms with Gasteiger partial charge in [0.1, 0.15) is 0 Å². The van der Waals surface area contributed by atoms with Crippen molar-refractivity contribution in [3.8, 4) is 0 Å². The molecule has 1 aromatic carbocycles. The third-order valence-corrected chi connectivity index (χ3v) is 4.90. The Balaban J connectivity index is 1.67. The van der Waals surface area contributed by atoms with Crippen molar-refractivity contribution in [1.82, 2.24) is 20.2 Å². The summed E-state index contributed by atoms with van der Waals surface area (Å²) in [5.74, 6) is 0.281. The van der Waals surface area contributed by atoms with Crippen LogP contribution in [0, 0.1) is 0 Å². The lowest BCUT2D eigenvalue weighted by atomic mass is 10.1. The fraction of sp³-hybridized carbons (Fsp3) is 0.429. The first-order valence-electron chi connectivity index (χ1n) is 6.94. The van der Waals surface area contributed by atoms with Crippen LogP contribution in [0.15, 0.2) is 29.4 Å². The standard InChI is InChI=1S/C14H15ClN4OS/c15-12-8-4-3-7-11(12)13(20)9-21-14-16-17-18-19(14)10-5-1-2-6-10/h3-4,7-8,10H,1-2,5-6,9H2. The Morgan fingerprint density at radius 2 is 2.10 bits per heavy atom. The van der Waals surface area contributed by atoms with Crippen molar-refractivity contribution in [2.45, 2.75) is 36.9 Å². The van der Waals surface area contributed by atoms with Crippen LogP contribution < -0.4 is 0 Å². The molecule has 0 N–H and O–H groups in total. The van der Waals surface area contributed by atoms with Gasteiger partial charge >= 0.3 is 0 Å². The molecule has 0 atom stereocenters. The zero-order valence-electron chi connectivity index (χ0n) is 11.4. The van der Waals surface area contributed by atoms with Crippen molar-refractivity contribution in [2.75, 3.05) is 5.75 Å². The van der Waals surface area contributed by atoms with E-state index in [0.717, 1.165) is 12.8 Å². The lowest BCUT2D eigenvalue weighted by molar-refractivity contribution is 0.102. The summed E-state index contributed by atoms with van der Waals surface area (Å²) in [7, 11) is 0. The summed E-state index contributed by atoms with van der Waals surface area (Å²) in [5, 5.41) is 13.0. The summed E-state index contributed by atoms with van der Waals surface area (Å²) in [5.41, 5.74) is 0.548. The van der Waals surface area contributed by atoms with Crippen molar-refractivity contribution in [2.24, 2.45) is 0 Å². The van der Waals surface area contributed by atoms with Crippen molar-refractivity contribution in [1.29, 1.82) is 0 Å². The van der Waals surface area contributed by atoms with Crippen LogP contribution in [0.5, 0.6) is 0 Å². The molecule has 1 aliphatic carbocycles. The highest BCUT2D eigenvalue weighted by atomic mass is 35.5. The SMILES string of the molecule is O=C(CSc1nnnn1C1CCCC1)c1ccccc1Cl. The second kappa shape index (κ2) is 6.58. The highest BCUT2D eigenvalue weighted by molar-refractivity contribution is 7.99. The number of hydrogen-bond acceptors (Lipinski definition) is 5. The number of ketones is 1. The molecule has 3 rings (SSSR count). The number of carbonyl (C=O) groups is 1. The molecular weight excluding hydrogens is 308 g/mol. The molecule has 110 valence electrons. The molecule has 0 bridgehead atoms. The van der Waals surface area contributed by atoms with Crippen LogP contribution in [0.3, 0.4) is 0 Å². The monoisotopic (exact) mass is 322 g/mol. The van der Waals surface area contributed by atoms with Crippen molar-refractivity contribution in [3.05, 3.63) is 34.9 Å². The van der Waals surface area contributed by atoms with E-state index in [9.17, 15) is 4.79 Å². The molecular formula is C14H15ClN4OS. The molecule has 5 nitrogen and oxygen atoms in total. The molecule has 0 radical (unpaired) electrons. The molecule has 0 amide bonds. The van der Waals surface area contributed by atoms with Gasteiger partial charge in [-0.2, -0.15) is 0 Å². The van der Waals surface area contributed by atoms with Gasteiger partial charge in [-0.15, -0.1) is 5.10 Å². The zero-order valence-corrected chi connectivity index (χ0v) is 13.0. The van der Waals surface area contributed by atoms with E-state index in [4.69, 9.17) is 11.6 Å². The molecule has 0 saturated heterocycles. The van der Waals surface area contributed by atoms with E-state index in [1.54, 1.807) is 12.1 Å². The van der Waals surface area contributed by atoms with Crippen LogP contribution in [-0.4, -0.2) is 31.7 Å². The quantitative estimate of drug-likeness (QED) is 0.623. The minimum atomic E-state index is -0.00780. The molecule has 1 saturated carbocycles. The molecule has 7 heteroatoms. The van der Waals surface area contributed by atoms with Gasteiger partial charge in [-0.25, -0.2) is 4.68 Å². The van der Waals surface area contributed by atoms with Crippen LogP contribution in [0.2, 0.25) is 5.02 Å². The van der Waals surface area contributed by atoms with Gasteiger partial charge in [0, 0.05) is 5.56 Å². The summed E-state index contributed by atoms with van der Waals surface area (Å²) in [6.45, 7) is 0. The first kappa shape index (κ1) is 14.5. The Morgan fingerprint density at radius 1 is 1.33 bits per heavy atom. The van der Waals surface area contributed by atoms with E-state index in [1.807, 2.05) is 16.8 Å². The van der Waals surface area contributed by atoms with Crippen molar-refractivity contribution in [3.63, 3.8) is 0 Å². The molecule has 1 fully saturated rings. The first-order valence-corrected chi connectivity index (χ1v) is 8.30. The lowest BCUT2D eigenvalue weighted by Gasteiger charge is -2.10. The van der Waals surface area contributed by atoms with E-state index in [1.165, 1.54) is 24.6 Å². The Bertz CT molecular complexity index is 639. The predicted molar refractivity (Wildman–Crippen MR) is 81.8 cm³/mol. The first-order chi connectivity index (χ1) is 10.3. The van der Waals surface area contributed by atoms with Gasteiger partial charge in [-0.1, -0.05) is 48.3 Å². The molecule has 2 aromatic rings. The number of rotatable bonds is 5. The van der Waals surface area contributed by atoms with Crippen molar-refractivity contribution < 1.29 is 4.79 Å². The third kappa shape index (κ3) is 3.27. The number of aromatic nitrogens is 4. The number of nitrogens with zero attached hydrogens (tertiary/aromatic N) is 4. The number of hydrogen-bond donors (Lipinski definition) is 0. The van der Waals surface area contributed by atoms with Crippen LogP contribution >= 0.6 is 23.4 Å². The maximum absolute atomic E-state index is 12.2. The van der Waals surface area contributed by atoms with E-state index in [0.29, 0.717) is 21.8 Å². The molecule has 0 aliphatic heterocycles. The normalized spacial score (nSPS) is 15.5. The summed E-state index contributed by atoms with van der Waals surface area (Å²) in [4.78, 5) is 12.2. The Kier molecular flexibility index (Phi) is 4.55. The third-order valence-electron chi connectivity index (χ3n) is 3.64. The second-order valence-corrected chi connectivity index (χ2v) is 6.39. The smallest absolute Gasteiger partial charge is 0.210 e. The van der Waals surface area contributed by atoms with E-state index in [-0.39, 0.29) is 11.5 Å². The average molecular weight is 323 g/mol. The lowest BCUT2D eigenvalue weighted by Crippen LogP contribution is -2.10. The summed E-state index contributed by atoms with van der Waals surface area (Å²) < 4.78 is 1.86. The fourth-order valence-corrected chi connectivity index (χ4v) is 3.62. The van der Waals surface area contributed by atoms with Gasteiger partial charge in [0.15, 0.2) is 5.78 Å². The van der Waals surface area contributed by atoms with Gasteiger partial charge < -0.3 is 0 Å². The highest BCUT2D eigenvalue weighted by Gasteiger charge is 2.22. The Labute approximate surface area is 132 Å². The molecule has 21 heavy (non-hydrogen) atoms. The Hall–Kier alpha value is -1.40. The molecule has 0 spiro atoms. The molecule has 1 heterocycles. The maximum atomic E-state index is 12.2. The summed E-state index contributed by atoms with van der Waals surface area (Å²) in [6, 6.07) is 7.46. The minimum absolute atomic E-state index is 0.00780.